The fourth-order valence-electron chi connectivity index (χ4n) is 2.72. The molecule has 0 aromatic carbocycles. The average molecular weight is 251 g/mol. The third kappa shape index (κ3) is 3.12. The molecule has 0 saturated heterocycles. The number of rotatable bonds is 4. The summed E-state index contributed by atoms with van der Waals surface area (Å²) >= 11 is 0. The van der Waals surface area contributed by atoms with Crippen LogP contribution in [0.4, 0.5) is 0 Å². The van der Waals surface area contributed by atoms with Crippen molar-refractivity contribution in [2.24, 2.45) is 0 Å². The molecule has 0 atom stereocenters. The van der Waals surface area contributed by atoms with Gasteiger partial charge in [-0.25, -0.2) is 0 Å². The molecule has 1 aliphatic carbocycles. The highest BCUT2D eigenvalue weighted by molar-refractivity contribution is 5.05. The highest BCUT2D eigenvalue weighted by atomic mass is 16.3. The second kappa shape index (κ2) is 5.41. The summed E-state index contributed by atoms with van der Waals surface area (Å²) in [6.07, 6.45) is 6.53. The minimum absolute atomic E-state index is 0.383. The number of hydrogen-bond acceptors (Lipinski definition) is 3. The summed E-state index contributed by atoms with van der Waals surface area (Å²) in [6.45, 7) is 4.23. The zero-order valence-corrected chi connectivity index (χ0v) is 11.7. The van der Waals surface area contributed by atoms with Crippen LogP contribution in [-0.2, 0) is 6.42 Å². The van der Waals surface area contributed by atoms with Crippen LogP contribution in [-0.4, -0.2) is 33.6 Å². The smallest absolute Gasteiger partial charge is 0.0704 e. The molecule has 0 spiro atoms. The van der Waals surface area contributed by atoms with Crippen molar-refractivity contribution < 1.29 is 5.11 Å². The third-order valence-corrected chi connectivity index (χ3v) is 4.03. The molecule has 0 aliphatic heterocycles. The van der Waals surface area contributed by atoms with Gasteiger partial charge < -0.3 is 10.4 Å². The summed E-state index contributed by atoms with van der Waals surface area (Å²) in [5.74, 6) is 0. The lowest BCUT2D eigenvalue weighted by atomic mass is 9.79. The van der Waals surface area contributed by atoms with Gasteiger partial charge in [0.2, 0.25) is 0 Å². The Morgan fingerprint density at radius 1 is 1.50 bits per heavy atom. The Morgan fingerprint density at radius 3 is 2.67 bits per heavy atom. The summed E-state index contributed by atoms with van der Waals surface area (Å²) in [7, 11) is 2.00. The molecule has 1 aromatic rings. The first kappa shape index (κ1) is 13.6. The molecule has 2 rings (SSSR count). The van der Waals surface area contributed by atoms with E-state index in [9.17, 15) is 5.11 Å². The SMILES string of the molecule is CNC1CCC(O)(Cc2ccn(C(C)C)n2)CC1. The maximum absolute atomic E-state index is 10.6. The largest absolute Gasteiger partial charge is 0.389 e. The average Bonchev–Trinajstić information content (AvgIpc) is 2.78. The fraction of sp³-hybridized carbons (Fsp3) is 0.786. The predicted octanol–water partition coefficient (Wildman–Crippen LogP) is 1.90. The highest BCUT2D eigenvalue weighted by Crippen LogP contribution is 2.31. The number of aromatic nitrogens is 2. The molecule has 0 unspecified atom stereocenters. The van der Waals surface area contributed by atoms with Gasteiger partial charge in [-0.05, 0) is 52.6 Å². The van der Waals surface area contributed by atoms with E-state index in [2.05, 4.69) is 24.3 Å². The Balaban J connectivity index is 1.95. The second-order valence-corrected chi connectivity index (χ2v) is 5.84. The van der Waals surface area contributed by atoms with Crippen LogP contribution in [0.1, 0.15) is 51.3 Å². The van der Waals surface area contributed by atoms with Gasteiger partial charge in [-0.3, -0.25) is 4.68 Å². The highest BCUT2D eigenvalue weighted by Gasteiger charge is 2.33. The molecule has 0 bridgehead atoms. The van der Waals surface area contributed by atoms with Gasteiger partial charge in [0.1, 0.15) is 0 Å². The summed E-state index contributed by atoms with van der Waals surface area (Å²) in [6, 6.07) is 2.98. The van der Waals surface area contributed by atoms with Gasteiger partial charge in [0, 0.05) is 24.7 Å². The van der Waals surface area contributed by atoms with E-state index in [1.54, 1.807) is 0 Å². The van der Waals surface area contributed by atoms with Crippen molar-refractivity contribution in [1.29, 1.82) is 0 Å². The molecule has 1 aromatic heterocycles. The van der Waals surface area contributed by atoms with Crippen molar-refractivity contribution in [1.82, 2.24) is 15.1 Å². The predicted molar refractivity (Wildman–Crippen MR) is 72.6 cm³/mol. The molecule has 1 saturated carbocycles. The van der Waals surface area contributed by atoms with Gasteiger partial charge in [0.25, 0.3) is 0 Å². The number of hydrogen-bond donors (Lipinski definition) is 2. The van der Waals surface area contributed by atoms with Crippen LogP contribution in [0, 0.1) is 0 Å². The fourth-order valence-corrected chi connectivity index (χ4v) is 2.72. The lowest BCUT2D eigenvalue weighted by Crippen LogP contribution is -2.41. The zero-order valence-electron chi connectivity index (χ0n) is 11.7. The van der Waals surface area contributed by atoms with Crippen molar-refractivity contribution in [2.75, 3.05) is 7.05 Å². The van der Waals surface area contributed by atoms with Gasteiger partial charge in [-0.2, -0.15) is 5.10 Å². The van der Waals surface area contributed by atoms with E-state index < -0.39 is 5.60 Å². The molecule has 1 heterocycles. The first-order valence-electron chi connectivity index (χ1n) is 6.96. The molecule has 1 aliphatic rings. The van der Waals surface area contributed by atoms with Crippen LogP contribution in [0.15, 0.2) is 12.3 Å². The van der Waals surface area contributed by atoms with E-state index in [0.717, 1.165) is 31.4 Å². The first-order chi connectivity index (χ1) is 8.52. The van der Waals surface area contributed by atoms with Crippen LogP contribution >= 0.6 is 0 Å². The van der Waals surface area contributed by atoms with Crippen molar-refractivity contribution in [3.05, 3.63) is 18.0 Å². The molecule has 0 radical (unpaired) electrons. The maximum Gasteiger partial charge on any atom is 0.0704 e. The molecule has 4 nitrogen and oxygen atoms in total. The summed E-state index contributed by atoms with van der Waals surface area (Å²) in [5, 5.41) is 18.4. The molecule has 1 fully saturated rings. The molecule has 102 valence electrons. The van der Waals surface area contributed by atoms with E-state index >= 15 is 0 Å². The molecule has 0 amide bonds. The van der Waals surface area contributed by atoms with Gasteiger partial charge in [-0.1, -0.05) is 0 Å². The van der Waals surface area contributed by atoms with Crippen molar-refractivity contribution in [3.8, 4) is 0 Å². The van der Waals surface area contributed by atoms with Crippen LogP contribution in [0.5, 0.6) is 0 Å². The molecule has 2 N–H and O–H groups in total. The monoisotopic (exact) mass is 251 g/mol. The lowest BCUT2D eigenvalue weighted by molar-refractivity contribution is -0.00334. The molecule has 4 heteroatoms. The Hall–Kier alpha value is -0.870. The van der Waals surface area contributed by atoms with Crippen LogP contribution < -0.4 is 5.32 Å². The Labute approximate surface area is 109 Å². The molecular weight excluding hydrogens is 226 g/mol. The van der Waals surface area contributed by atoms with Gasteiger partial charge >= 0.3 is 0 Å². The quantitative estimate of drug-likeness (QED) is 0.859. The van der Waals surface area contributed by atoms with E-state index in [-0.39, 0.29) is 0 Å². The Kier molecular flexibility index (Phi) is 4.07. The topological polar surface area (TPSA) is 50.1 Å². The van der Waals surface area contributed by atoms with Gasteiger partial charge in [0.15, 0.2) is 0 Å². The van der Waals surface area contributed by atoms with E-state index in [1.165, 1.54) is 0 Å². The lowest BCUT2D eigenvalue weighted by Gasteiger charge is -2.35. The first-order valence-corrected chi connectivity index (χ1v) is 6.96. The van der Waals surface area contributed by atoms with Crippen molar-refractivity contribution in [3.63, 3.8) is 0 Å². The van der Waals surface area contributed by atoms with Crippen LogP contribution in [0.3, 0.4) is 0 Å². The van der Waals surface area contributed by atoms with Crippen LogP contribution in [0.2, 0.25) is 0 Å². The third-order valence-electron chi connectivity index (χ3n) is 4.03. The van der Waals surface area contributed by atoms with Crippen molar-refractivity contribution in [2.45, 2.75) is 63.6 Å². The van der Waals surface area contributed by atoms with Crippen LogP contribution in [0.25, 0.3) is 0 Å². The number of nitrogens with zero attached hydrogens (tertiary/aromatic N) is 2. The van der Waals surface area contributed by atoms with Crippen molar-refractivity contribution >= 4 is 0 Å². The molecular formula is C14H25N3O. The number of aliphatic hydroxyl groups is 1. The van der Waals surface area contributed by atoms with E-state index in [4.69, 9.17) is 0 Å². The maximum atomic E-state index is 10.6. The van der Waals surface area contributed by atoms with E-state index in [1.807, 2.05) is 24.0 Å². The summed E-state index contributed by atoms with van der Waals surface area (Å²) < 4.78 is 1.96. The van der Waals surface area contributed by atoms with Gasteiger partial charge in [-0.15, -0.1) is 0 Å². The summed E-state index contributed by atoms with van der Waals surface area (Å²) in [4.78, 5) is 0. The molecule has 18 heavy (non-hydrogen) atoms. The zero-order chi connectivity index (χ0) is 13.2. The normalized spacial score (nSPS) is 28.8. The minimum atomic E-state index is -0.552. The minimum Gasteiger partial charge on any atom is -0.389 e. The standard InChI is InChI=1S/C14H25N3O/c1-11(2)17-9-6-13(16-17)10-14(18)7-4-12(15-3)5-8-14/h6,9,11-12,15,18H,4-5,7-8,10H2,1-3H3. The summed E-state index contributed by atoms with van der Waals surface area (Å²) in [5.41, 5.74) is 0.456. The number of nitrogens with one attached hydrogen (secondary N) is 1. The van der Waals surface area contributed by atoms with Gasteiger partial charge in [0.05, 0.1) is 11.3 Å². The second-order valence-electron chi connectivity index (χ2n) is 5.84. The Bertz CT molecular complexity index is 378. The Morgan fingerprint density at radius 2 is 2.17 bits per heavy atom. The van der Waals surface area contributed by atoms with E-state index in [0.29, 0.717) is 18.5 Å².